The number of carbonyl (C=O) groups excluding carboxylic acids is 1. The number of halogens is 3. The Morgan fingerprint density at radius 1 is 1.21 bits per heavy atom. The van der Waals surface area contributed by atoms with Crippen molar-refractivity contribution in [3.8, 4) is 5.75 Å². The minimum atomic E-state index is -4.92. The average Bonchev–Trinajstić information content (AvgIpc) is 3.10. The highest BCUT2D eigenvalue weighted by Gasteiger charge is 2.38. The smallest absolute Gasteiger partial charge is 0.471 e. The summed E-state index contributed by atoms with van der Waals surface area (Å²) in [7, 11) is -3.67. The Morgan fingerprint density at radius 2 is 1.89 bits per heavy atom. The van der Waals surface area contributed by atoms with E-state index in [4.69, 9.17) is 9.47 Å². The van der Waals surface area contributed by atoms with Crippen LogP contribution in [-0.2, 0) is 24.3 Å². The normalized spacial score (nSPS) is 18.3. The number of phenols is 1. The van der Waals surface area contributed by atoms with Crippen LogP contribution >= 0.6 is 0 Å². The summed E-state index contributed by atoms with van der Waals surface area (Å²) in [6.07, 6.45) is -4.74. The monoisotopic (exact) mass is 426 g/mol. The van der Waals surface area contributed by atoms with Crippen molar-refractivity contribution < 1.29 is 41.0 Å². The summed E-state index contributed by atoms with van der Waals surface area (Å²) in [5.41, 5.74) is 0. The number of sulfonamides is 1. The highest BCUT2D eigenvalue weighted by Crippen LogP contribution is 2.23. The Balaban J connectivity index is 1.64. The molecule has 1 atom stereocenters. The summed E-state index contributed by atoms with van der Waals surface area (Å²) < 4.78 is 72.8. The number of rotatable bonds is 9. The van der Waals surface area contributed by atoms with Gasteiger partial charge in [-0.1, -0.05) is 0 Å². The quantitative estimate of drug-likeness (QED) is 0.568. The zero-order valence-corrected chi connectivity index (χ0v) is 15.6. The van der Waals surface area contributed by atoms with Crippen LogP contribution in [0.25, 0.3) is 0 Å². The molecule has 1 aliphatic heterocycles. The molecule has 0 radical (unpaired) electrons. The predicted octanol–water partition coefficient (Wildman–Crippen LogP) is 0.867. The molecule has 12 heteroatoms. The largest absolute Gasteiger partial charge is 0.508 e. The predicted molar refractivity (Wildman–Crippen MR) is 91.1 cm³/mol. The van der Waals surface area contributed by atoms with Crippen LogP contribution in [-0.4, -0.2) is 75.5 Å². The lowest BCUT2D eigenvalue weighted by Gasteiger charge is -2.17. The lowest BCUT2D eigenvalue weighted by molar-refractivity contribution is -0.173. The summed E-state index contributed by atoms with van der Waals surface area (Å²) in [6, 6.07) is 5.24. The topological polar surface area (TPSA) is 105 Å². The Morgan fingerprint density at radius 3 is 2.54 bits per heavy atom. The molecule has 1 aromatic rings. The number of hydrogen-bond acceptors (Lipinski definition) is 6. The van der Waals surface area contributed by atoms with E-state index in [1.54, 1.807) is 5.32 Å². The second-order valence-electron chi connectivity index (χ2n) is 6.00. The van der Waals surface area contributed by atoms with Crippen molar-refractivity contribution in [2.24, 2.45) is 0 Å². The third-order valence-electron chi connectivity index (χ3n) is 3.95. The molecule has 1 aliphatic rings. The molecule has 1 saturated heterocycles. The number of nitrogens with one attached hydrogen (secondary N) is 1. The van der Waals surface area contributed by atoms with Crippen LogP contribution in [0, 0.1) is 0 Å². The molecule has 0 spiro atoms. The van der Waals surface area contributed by atoms with E-state index in [0.717, 1.165) is 0 Å². The van der Waals surface area contributed by atoms with Crippen LogP contribution < -0.4 is 5.32 Å². The van der Waals surface area contributed by atoms with Crippen molar-refractivity contribution in [1.82, 2.24) is 9.62 Å². The third kappa shape index (κ3) is 6.33. The summed E-state index contributed by atoms with van der Waals surface area (Å²) in [4.78, 5) is 10.7. The van der Waals surface area contributed by atoms with Crippen LogP contribution in [0.1, 0.15) is 6.42 Å². The molecule has 0 aliphatic carbocycles. The zero-order valence-electron chi connectivity index (χ0n) is 14.8. The fourth-order valence-corrected chi connectivity index (χ4v) is 4.02. The van der Waals surface area contributed by atoms with Crippen molar-refractivity contribution in [3.05, 3.63) is 24.3 Å². The molecule has 0 saturated carbocycles. The summed E-state index contributed by atoms with van der Waals surface area (Å²) in [5.74, 6) is -2.05. The van der Waals surface area contributed by atoms with Crippen LogP contribution in [0.2, 0.25) is 0 Å². The molecule has 0 bridgehead atoms. The molecule has 1 fully saturated rings. The molecule has 1 amide bonds. The van der Waals surface area contributed by atoms with E-state index in [9.17, 15) is 31.5 Å². The minimum absolute atomic E-state index is 0.0282. The number of aromatic hydroxyl groups is 1. The lowest BCUT2D eigenvalue weighted by atomic mass is 10.3. The maximum absolute atomic E-state index is 12.5. The van der Waals surface area contributed by atoms with Crippen LogP contribution in [0.15, 0.2) is 29.2 Å². The molecule has 0 unspecified atom stereocenters. The van der Waals surface area contributed by atoms with Gasteiger partial charge in [-0.05, 0) is 30.7 Å². The SMILES string of the molecule is O=C(NCCOCCO[C@H]1CCN(S(=O)(=O)c2ccc(O)cc2)C1)C(F)(F)F. The molecule has 0 aromatic heterocycles. The first-order valence-corrected chi connectivity index (χ1v) is 9.88. The van der Waals surface area contributed by atoms with Gasteiger partial charge in [-0.3, -0.25) is 4.79 Å². The van der Waals surface area contributed by atoms with Gasteiger partial charge in [-0.15, -0.1) is 0 Å². The Bertz CT molecular complexity index is 755. The minimum Gasteiger partial charge on any atom is -0.508 e. The first kappa shape index (κ1) is 22.4. The Kier molecular flexibility index (Phi) is 7.63. The number of hydrogen-bond donors (Lipinski definition) is 2. The highest BCUT2D eigenvalue weighted by molar-refractivity contribution is 7.89. The van der Waals surface area contributed by atoms with Gasteiger partial charge in [0.25, 0.3) is 0 Å². The number of nitrogens with zero attached hydrogens (tertiary/aromatic N) is 1. The highest BCUT2D eigenvalue weighted by atomic mass is 32.2. The fraction of sp³-hybridized carbons (Fsp3) is 0.562. The first-order valence-electron chi connectivity index (χ1n) is 8.44. The number of amides is 1. The average molecular weight is 426 g/mol. The summed E-state index contributed by atoms with van der Waals surface area (Å²) in [6.45, 7) is 0.328. The first-order chi connectivity index (χ1) is 13.1. The summed E-state index contributed by atoms with van der Waals surface area (Å²) >= 11 is 0. The van der Waals surface area contributed by atoms with Gasteiger partial charge in [0.05, 0.1) is 30.8 Å². The Hall–Kier alpha value is -1.89. The van der Waals surface area contributed by atoms with Crippen molar-refractivity contribution in [1.29, 1.82) is 0 Å². The van der Waals surface area contributed by atoms with Crippen LogP contribution in [0.3, 0.4) is 0 Å². The van der Waals surface area contributed by atoms with Gasteiger partial charge in [0, 0.05) is 19.6 Å². The van der Waals surface area contributed by atoms with E-state index >= 15 is 0 Å². The standard InChI is InChI=1S/C16H21F3N2O6S/c17-16(18,19)15(23)20-6-8-26-9-10-27-13-5-7-21(11-13)28(24,25)14-3-1-12(22)2-4-14/h1-4,13,22H,5-11H2,(H,20,23)/t13-/m0/s1. The van der Waals surface area contributed by atoms with Gasteiger partial charge < -0.3 is 19.9 Å². The molecule has 2 N–H and O–H groups in total. The number of phenolic OH excluding ortho intramolecular Hbond substituents is 1. The van der Waals surface area contributed by atoms with Crippen molar-refractivity contribution in [3.63, 3.8) is 0 Å². The van der Waals surface area contributed by atoms with Crippen molar-refractivity contribution in [2.75, 3.05) is 39.5 Å². The van der Waals surface area contributed by atoms with E-state index in [1.807, 2.05) is 0 Å². The second-order valence-corrected chi connectivity index (χ2v) is 7.94. The fourth-order valence-electron chi connectivity index (χ4n) is 2.53. The van der Waals surface area contributed by atoms with E-state index in [-0.39, 0.29) is 56.2 Å². The van der Waals surface area contributed by atoms with E-state index < -0.39 is 22.1 Å². The van der Waals surface area contributed by atoms with E-state index in [0.29, 0.717) is 6.42 Å². The van der Waals surface area contributed by atoms with E-state index in [1.165, 1.54) is 28.6 Å². The molecular weight excluding hydrogens is 405 g/mol. The molecule has 2 rings (SSSR count). The number of benzene rings is 1. The number of alkyl halides is 3. The van der Waals surface area contributed by atoms with Crippen molar-refractivity contribution in [2.45, 2.75) is 23.6 Å². The maximum Gasteiger partial charge on any atom is 0.471 e. The van der Waals surface area contributed by atoms with Crippen LogP contribution in [0.4, 0.5) is 13.2 Å². The van der Waals surface area contributed by atoms with Gasteiger partial charge in [0.15, 0.2) is 0 Å². The van der Waals surface area contributed by atoms with Gasteiger partial charge in [0.2, 0.25) is 10.0 Å². The Labute approximate surface area is 160 Å². The molecule has 1 aromatic carbocycles. The second kappa shape index (κ2) is 9.54. The van der Waals surface area contributed by atoms with Crippen molar-refractivity contribution >= 4 is 15.9 Å². The van der Waals surface area contributed by atoms with Gasteiger partial charge >= 0.3 is 12.1 Å². The molecule has 1 heterocycles. The number of ether oxygens (including phenoxy) is 2. The molecular formula is C16H21F3N2O6S. The lowest BCUT2D eigenvalue weighted by Crippen LogP contribution is -2.38. The maximum atomic E-state index is 12.5. The molecule has 158 valence electrons. The molecule has 28 heavy (non-hydrogen) atoms. The third-order valence-corrected chi connectivity index (χ3v) is 5.83. The van der Waals surface area contributed by atoms with E-state index in [2.05, 4.69) is 0 Å². The van der Waals surface area contributed by atoms with Gasteiger partial charge in [0.1, 0.15) is 5.75 Å². The molecule has 8 nitrogen and oxygen atoms in total. The number of carbonyl (C=O) groups is 1. The zero-order chi connectivity index (χ0) is 20.8. The van der Waals surface area contributed by atoms with Gasteiger partial charge in [-0.2, -0.15) is 17.5 Å². The van der Waals surface area contributed by atoms with Gasteiger partial charge in [-0.25, -0.2) is 8.42 Å². The van der Waals surface area contributed by atoms with Crippen LogP contribution in [0.5, 0.6) is 5.75 Å². The summed E-state index contributed by atoms with van der Waals surface area (Å²) in [5, 5.41) is 10.9.